The molecule has 1 amide bonds. The van der Waals surface area contributed by atoms with Crippen molar-refractivity contribution in [1.29, 1.82) is 0 Å². The summed E-state index contributed by atoms with van der Waals surface area (Å²) >= 11 is 13.5. The first-order chi connectivity index (χ1) is 10.5. The second-order valence-corrected chi connectivity index (χ2v) is 7.02. The lowest BCUT2D eigenvalue weighted by atomic mass is 10.2. The van der Waals surface area contributed by atoms with E-state index in [2.05, 4.69) is 5.32 Å². The van der Waals surface area contributed by atoms with Crippen molar-refractivity contribution in [3.8, 4) is 0 Å². The van der Waals surface area contributed by atoms with Gasteiger partial charge < -0.3 is 5.32 Å². The van der Waals surface area contributed by atoms with Gasteiger partial charge in [-0.1, -0.05) is 35.3 Å². The van der Waals surface area contributed by atoms with Gasteiger partial charge in [0.15, 0.2) is 0 Å². The fourth-order valence-electron chi connectivity index (χ4n) is 2.15. The van der Waals surface area contributed by atoms with E-state index in [9.17, 15) is 4.79 Å². The van der Waals surface area contributed by atoms with E-state index in [1.807, 2.05) is 48.5 Å². The minimum Gasteiger partial charge on any atom is -0.348 e. The summed E-state index contributed by atoms with van der Waals surface area (Å²) in [6.07, 6.45) is 0. The van der Waals surface area contributed by atoms with Gasteiger partial charge in [0.2, 0.25) is 5.91 Å². The van der Waals surface area contributed by atoms with Crippen molar-refractivity contribution in [2.75, 3.05) is 13.6 Å². The van der Waals surface area contributed by atoms with Crippen LogP contribution < -0.4 is 5.32 Å². The predicted molar refractivity (Wildman–Crippen MR) is 93.7 cm³/mol. The number of benzene rings is 1. The fraction of sp³-hybridized carbons (Fsp3) is 0.312. The summed E-state index contributed by atoms with van der Waals surface area (Å²) in [5, 5.41) is 6.08. The monoisotopic (exact) mass is 356 g/mol. The second-order valence-electron chi connectivity index (χ2n) is 5.23. The largest absolute Gasteiger partial charge is 0.348 e. The Hall–Kier alpha value is -1.07. The summed E-state index contributed by atoms with van der Waals surface area (Å²) in [4.78, 5) is 15.2. The number of halogens is 2. The van der Waals surface area contributed by atoms with E-state index in [1.165, 1.54) is 0 Å². The van der Waals surface area contributed by atoms with E-state index in [1.54, 1.807) is 17.4 Å². The summed E-state index contributed by atoms with van der Waals surface area (Å²) < 4.78 is 0. The van der Waals surface area contributed by atoms with Gasteiger partial charge in [-0.25, -0.2) is 0 Å². The third kappa shape index (κ3) is 4.99. The quantitative estimate of drug-likeness (QED) is 0.833. The highest BCUT2D eigenvalue weighted by atomic mass is 35.5. The Labute approximate surface area is 144 Å². The normalized spacial score (nSPS) is 12.4. The average molecular weight is 357 g/mol. The van der Waals surface area contributed by atoms with Crippen LogP contribution >= 0.6 is 34.5 Å². The maximum Gasteiger partial charge on any atom is 0.234 e. The predicted octanol–water partition coefficient (Wildman–Crippen LogP) is 4.36. The van der Waals surface area contributed by atoms with Gasteiger partial charge >= 0.3 is 0 Å². The van der Waals surface area contributed by atoms with Gasteiger partial charge in [0.05, 0.1) is 22.6 Å². The van der Waals surface area contributed by atoms with Crippen LogP contribution in [-0.4, -0.2) is 24.4 Å². The van der Waals surface area contributed by atoms with E-state index in [0.717, 1.165) is 10.4 Å². The van der Waals surface area contributed by atoms with Crippen molar-refractivity contribution < 1.29 is 4.79 Å². The van der Waals surface area contributed by atoms with Gasteiger partial charge in [0.1, 0.15) is 0 Å². The van der Waals surface area contributed by atoms with Crippen LogP contribution in [0.4, 0.5) is 0 Å². The van der Waals surface area contributed by atoms with Crippen molar-refractivity contribution in [3.05, 3.63) is 56.2 Å². The minimum atomic E-state index is 0.00320. The maximum absolute atomic E-state index is 12.1. The van der Waals surface area contributed by atoms with E-state index in [0.29, 0.717) is 23.1 Å². The molecule has 1 atom stereocenters. The first-order valence-corrected chi connectivity index (χ1v) is 8.54. The van der Waals surface area contributed by atoms with E-state index < -0.39 is 0 Å². The number of nitrogens with zero attached hydrogens (tertiary/aromatic N) is 1. The number of hydrogen-bond donors (Lipinski definition) is 1. The molecule has 0 aliphatic heterocycles. The summed E-state index contributed by atoms with van der Waals surface area (Å²) in [7, 11) is 1.90. The molecular weight excluding hydrogens is 339 g/mol. The molecule has 2 aromatic rings. The van der Waals surface area contributed by atoms with Gasteiger partial charge in [-0.2, -0.15) is 0 Å². The van der Waals surface area contributed by atoms with Crippen LogP contribution in [0.15, 0.2) is 35.7 Å². The van der Waals surface area contributed by atoms with Crippen molar-refractivity contribution >= 4 is 40.4 Å². The zero-order valence-electron chi connectivity index (χ0n) is 12.5. The highest BCUT2D eigenvalue weighted by Gasteiger charge is 2.12. The molecule has 1 unspecified atom stereocenters. The van der Waals surface area contributed by atoms with E-state index in [4.69, 9.17) is 23.2 Å². The Morgan fingerprint density at radius 2 is 2.09 bits per heavy atom. The average Bonchev–Trinajstić information content (AvgIpc) is 2.96. The molecule has 2 rings (SSSR count). The number of amides is 1. The molecule has 1 heterocycles. The Bertz CT molecular complexity index is 631. The van der Waals surface area contributed by atoms with Crippen LogP contribution in [0.1, 0.15) is 23.4 Å². The molecule has 1 aromatic carbocycles. The molecule has 3 nitrogen and oxygen atoms in total. The van der Waals surface area contributed by atoms with Crippen LogP contribution in [0.25, 0.3) is 0 Å². The Morgan fingerprint density at radius 3 is 2.73 bits per heavy atom. The lowest BCUT2D eigenvalue weighted by Crippen LogP contribution is -2.36. The number of rotatable bonds is 6. The van der Waals surface area contributed by atoms with Crippen LogP contribution in [0.5, 0.6) is 0 Å². The van der Waals surface area contributed by atoms with Crippen molar-refractivity contribution in [3.63, 3.8) is 0 Å². The minimum absolute atomic E-state index is 0.00320. The number of carbonyl (C=O) groups is 1. The Morgan fingerprint density at radius 1 is 1.32 bits per heavy atom. The first-order valence-electron chi connectivity index (χ1n) is 6.91. The Kier molecular flexibility index (Phi) is 6.26. The van der Waals surface area contributed by atoms with Crippen LogP contribution in [0, 0.1) is 0 Å². The Balaban J connectivity index is 1.84. The molecule has 0 bridgehead atoms. The molecule has 1 aromatic heterocycles. The topological polar surface area (TPSA) is 32.3 Å². The lowest BCUT2D eigenvalue weighted by molar-refractivity contribution is -0.122. The molecular formula is C16H18Cl2N2OS. The van der Waals surface area contributed by atoms with Crippen LogP contribution in [0.3, 0.4) is 0 Å². The third-order valence-corrected chi connectivity index (χ3v) is 4.99. The second kappa shape index (κ2) is 7.97. The van der Waals surface area contributed by atoms with Gasteiger partial charge in [0, 0.05) is 11.4 Å². The number of hydrogen-bond acceptors (Lipinski definition) is 3. The van der Waals surface area contributed by atoms with Gasteiger partial charge in [-0.05, 0) is 43.1 Å². The van der Waals surface area contributed by atoms with Gasteiger partial charge in [-0.3, -0.25) is 9.69 Å². The molecule has 0 saturated heterocycles. The third-order valence-electron chi connectivity index (χ3n) is 3.20. The van der Waals surface area contributed by atoms with Gasteiger partial charge in [-0.15, -0.1) is 11.3 Å². The van der Waals surface area contributed by atoms with Crippen molar-refractivity contribution in [2.24, 2.45) is 0 Å². The number of nitrogens with one attached hydrogen (secondary N) is 1. The van der Waals surface area contributed by atoms with E-state index >= 15 is 0 Å². The number of likely N-dealkylation sites (N-methyl/N-ethyl adjacent to an activating group) is 1. The summed E-state index contributed by atoms with van der Waals surface area (Å²) in [5.74, 6) is 0.00320. The molecule has 0 radical (unpaired) electrons. The molecule has 6 heteroatoms. The highest BCUT2D eigenvalue weighted by molar-refractivity contribution is 7.10. The summed E-state index contributed by atoms with van der Waals surface area (Å²) in [6.45, 7) is 2.95. The fourth-order valence-corrected chi connectivity index (χ4v) is 3.20. The molecule has 0 aliphatic carbocycles. The summed E-state index contributed by atoms with van der Waals surface area (Å²) in [6, 6.07) is 9.55. The molecule has 0 fully saturated rings. The number of carbonyl (C=O) groups excluding carboxylic acids is 1. The highest BCUT2D eigenvalue weighted by Crippen LogP contribution is 2.23. The molecule has 1 N–H and O–H groups in total. The number of thiophene rings is 1. The zero-order chi connectivity index (χ0) is 16.1. The van der Waals surface area contributed by atoms with Crippen LogP contribution in [-0.2, 0) is 11.3 Å². The van der Waals surface area contributed by atoms with Crippen molar-refractivity contribution in [2.45, 2.75) is 19.5 Å². The standard InChI is InChI=1S/C16H18Cl2N2OS/c1-11(15-4-3-7-22-15)19-16(21)10-20(2)9-12-5-6-13(17)14(18)8-12/h3-8,11H,9-10H2,1-2H3,(H,19,21). The molecule has 118 valence electrons. The maximum atomic E-state index is 12.1. The summed E-state index contributed by atoms with van der Waals surface area (Å²) in [5.41, 5.74) is 1.02. The SMILES string of the molecule is CC(NC(=O)CN(C)Cc1ccc(Cl)c(Cl)c1)c1cccs1. The smallest absolute Gasteiger partial charge is 0.234 e. The molecule has 0 saturated carbocycles. The van der Waals surface area contributed by atoms with Crippen molar-refractivity contribution in [1.82, 2.24) is 10.2 Å². The molecule has 22 heavy (non-hydrogen) atoms. The van der Waals surface area contributed by atoms with Crippen LogP contribution in [0.2, 0.25) is 10.0 Å². The lowest BCUT2D eigenvalue weighted by Gasteiger charge is -2.18. The van der Waals surface area contributed by atoms with Gasteiger partial charge in [0.25, 0.3) is 0 Å². The first kappa shape index (κ1) is 17.3. The van der Waals surface area contributed by atoms with E-state index in [-0.39, 0.29) is 11.9 Å². The molecule has 0 spiro atoms. The molecule has 0 aliphatic rings. The zero-order valence-corrected chi connectivity index (χ0v) is 14.8.